The molecule has 0 bridgehead atoms. The van der Waals surface area contributed by atoms with Crippen LogP contribution in [0.3, 0.4) is 0 Å². The second-order valence-electron chi connectivity index (χ2n) is 6.70. The largest absolute Gasteiger partial charge is 0.497 e. The lowest BCUT2D eigenvalue weighted by Gasteiger charge is -2.35. The van der Waals surface area contributed by atoms with Gasteiger partial charge in [0.05, 0.1) is 14.2 Å². The van der Waals surface area contributed by atoms with E-state index in [-0.39, 0.29) is 6.03 Å². The third-order valence-corrected chi connectivity index (χ3v) is 4.77. The summed E-state index contributed by atoms with van der Waals surface area (Å²) in [5, 5.41) is 2.94. The first kappa shape index (κ1) is 21.8. The van der Waals surface area contributed by atoms with Crippen molar-refractivity contribution in [2.24, 2.45) is 0 Å². The topological polar surface area (TPSA) is 57.3 Å². The minimum atomic E-state index is -0.102. The average molecular weight is 389 g/mol. The summed E-state index contributed by atoms with van der Waals surface area (Å²) in [6, 6.07) is 5.24. The van der Waals surface area contributed by atoms with Gasteiger partial charge in [-0.2, -0.15) is 0 Å². The standard InChI is InChI=1S/C21H32N4O3/c1-5-7-23(8-6-2)9-10-24-11-13-25(14-12-24)21(26)22-18-15-19(27-3)17-20(16-18)28-4/h5-6,15-17H,1-2,7-14H2,3-4H3,(H,22,26). The van der Waals surface area contributed by atoms with Gasteiger partial charge in [-0.15, -0.1) is 13.2 Å². The van der Waals surface area contributed by atoms with Crippen LogP contribution >= 0.6 is 0 Å². The van der Waals surface area contributed by atoms with Crippen molar-refractivity contribution in [2.45, 2.75) is 0 Å². The maximum atomic E-state index is 12.6. The number of amides is 2. The highest BCUT2D eigenvalue weighted by molar-refractivity contribution is 5.90. The summed E-state index contributed by atoms with van der Waals surface area (Å²) in [7, 11) is 3.18. The highest BCUT2D eigenvalue weighted by atomic mass is 16.5. The maximum Gasteiger partial charge on any atom is 0.321 e. The SMILES string of the molecule is C=CCN(CC=C)CCN1CCN(C(=O)Nc2cc(OC)cc(OC)c2)CC1. The smallest absolute Gasteiger partial charge is 0.321 e. The normalized spacial score (nSPS) is 14.6. The molecule has 0 atom stereocenters. The number of urea groups is 1. The van der Waals surface area contributed by atoms with Crippen molar-refractivity contribution in [2.75, 3.05) is 71.9 Å². The van der Waals surface area contributed by atoms with E-state index >= 15 is 0 Å². The van der Waals surface area contributed by atoms with Crippen LogP contribution in [0.4, 0.5) is 10.5 Å². The monoisotopic (exact) mass is 388 g/mol. The van der Waals surface area contributed by atoms with Crippen LogP contribution < -0.4 is 14.8 Å². The minimum absolute atomic E-state index is 0.102. The third-order valence-electron chi connectivity index (χ3n) is 4.77. The van der Waals surface area contributed by atoms with Crippen LogP contribution in [-0.4, -0.2) is 87.3 Å². The zero-order valence-electron chi connectivity index (χ0n) is 17.0. The minimum Gasteiger partial charge on any atom is -0.497 e. The van der Waals surface area contributed by atoms with E-state index in [4.69, 9.17) is 9.47 Å². The molecule has 7 heteroatoms. The highest BCUT2D eigenvalue weighted by Crippen LogP contribution is 2.26. The van der Waals surface area contributed by atoms with Crippen LogP contribution in [0.1, 0.15) is 0 Å². The zero-order valence-corrected chi connectivity index (χ0v) is 17.0. The molecule has 1 aromatic carbocycles. The highest BCUT2D eigenvalue weighted by Gasteiger charge is 2.21. The molecule has 1 aliphatic heterocycles. The summed E-state index contributed by atoms with van der Waals surface area (Å²) in [6.45, 7) is 14.4. The number of carbonyl (C=O) groups is 1. The van der Waals surface area contributed by atoms with E-state index in [9.17, 15) is 4.79 Å². The number of piperazine rings is 1. The Hall–Kier alpha value is -2.51. The molecule has 1 saturated heterocycles. The van der Waals surface area contributed by atoms with E-state index in [1.54, 1.807) is 32.4 Å². The van der Waals surface area contributed by atoms with E-state index < -0.39 is 0 Å². The van der Waals surface area contributed by atoms with E-state index in [1.807, 2.05) is 17.1 Å². The lowest BCUT2D eigenvalue weighted by atomic mass is 10.2. The first-order valence-corrected chi connectivity index (χ1v) is 9.55. The molecule has 0 spiro atoms. The molecule has 2 rings (SSSR count). The van der Waals surface area contributed by atoms with Gasteiger partial charge in [-0.3, -0.25) is 9.80 Å². The van der Waals surface area contributed by atoms with Crippen LogP contribution in [-0.2, 0) is 0 Å². The Bertz CT molecular complexity index is 625. The number of anilines is 1. The Kier molecular flexibility index (Phi) is 8.84. The Morgan fingerprint density at radius 2 is 1.64 bits per heavy atom. The maximum absolute atomic E-state index is 12.6. The van der Waals surface area contributed by atoms with Gasteiger partial charge in [0.25, 0.3) is 0 Å². The van der Waals surface area contributed by atoms with Crippen LogP contribution in [0.25, 0.3) is 0 Å². The predicted molar refractivity (Wildman–Crippen MR) is 113 cm³/mol. The lowest BCUT2D eigenvalue weighted by Crippen LogP contribution is -2.51. The van der Waals surface area contributed by atoms with E-state index in [0.717, 1.165) is 39.3 Å². The van der Waals surface area contributed by atoms with Crippen LogP contribution in [0.5, 0.6) is 11.5 Å². The number of hydrogen-bond donors (Lipinski definition) is 1. The summed E-state index contributed by atoms with van der Waals surface area (Å²) in [6.07, 6.45) is 3.83. The molecule has 0 aromatic heterocycles. The van der Waals surface area contributed by atoms with Crippen molar-refractivity contribution in [1.82, 2.24) is 14.7 Å². The van der Waals surface area contributed by atoms with Gasteiger partial charge in [-0.1, -0.05) is 12.2 Å². The zero-order chi connectivity index (χ0) is 20.4. The Labute approximate surface area is 168 Å². The molecule has 1 heterocycles. The number of benzene rings is 1. The molecular weight excluding hydrogens is 356 g/mol. The Morgan fingerprint density at radius 3 is 2.14 bits per heavy atom. The van der Waals surface area contributed by atoms with Crippen molar-refractivity contribution in [3.8, 4) is 11.5 Å². The fourth-order valence-corrected chi connectivity index (χ4v) is 3.16. The number of ether oxygens (including phenoxy) is 2. The molecule has 154 valence electrons. The van der Waals surface area contributed by atoms with Crippen LogP contribution in [0.15, 0.2) is 43.5 Å². The van der Waals surface area contributed by atoms with E-state index in [1.165, 1.54) is 0 Å². The molecule has 28 heavy (non-hydrogen) atoms. The quantitative estimate of drug-likeness (QED) is 0.624. The number of rotatable bonds is 10. The second-order valence-corrected chi connectivity index (χ2v) is 6.70. The lowest BCUT2D eigenvalue weighted by molar-refractivity contribution is 0.137. The van der Waals surface area contributed by atoms with Gasteiger partial charge >= 0.3 is 6.03 Å². The molecular formula is C21H32N4O3. The first-order valence-electron chi connectivity index (χ1n) is 9.55. The van der Waals surface area contributed by atoms with Gasteiger partial charge in [0, 0.05) is 76.2 Å². The van der Waals surface area contributed by atoms with Gasteiger partial charge in [-0.05, 0) is 0 Å². The van der Waals surface area contributed by atoms with Gasteiger partial charge in [0.2, 0.25) is 0 Å². The van der Waals surface area contributed by atoms with Gasteiger partial charge in [0.1, 0.15) is 11.5 Å². The van der Waals surface area contributed by atoms with Crippen LogP contribution in [0.2, 0.25) is 0 Å². The molecule has 2 amide bonds. The number of nitrogens with one attached hydrogen (secondary N) is 1. The molecule has 0 unspecified atom stereocenters. The second kappa shape index (κ2) is 11.4. The number of nitrogens with zero attached hydrogens (tertiary/aromatic N) is 3. The summed E-state index contributed by atoms with van der Waals surface area (Å²) >= 11 is 0. The number of carbonyl (C=O) groups excluding carboxylic acids is 1. The molecule has 1 N–H and O–H groups in total. The fourth-order valence-electron chi connectivity index (χ4n) is 3.16. The molecule has 0 saturated carbocycles. The summed E-state index contributed by atoms with van der Waals surface area (Å²) in [5.41, 5.74) is 0.660. The van der Waals surface area contributed by atoms with Crippen molar-refractivity contribution >= 4 is 11.7 Å². The number of methoxy groups -OCH3 is 2. The summed E-state index contributed by atoms with van der Waals surface area (Å²) in [5.74, 6) is 1.28. The molecule has 0 aliphatic carbocycles. The molecule has 0 radical (unpaired) electrons. The Balaban J connectivity index is 1.81. The van der Waals surface area contributed by atoms with E-state index in [0.29, 0.717) is 30.3 Å². The molecule has 1 aromatic rings. The predicted octanol–water partition coefficient (Wildman–Crippen LogP) is 2.53. The molecule has 1 aliphatic rings. The van der Waals surface area contributed by atoms with Gasteiger partial charge < -0.3 is 19.7 Å². The number of hydrogen-bond acceptors (Lipinski definition) is 5. The third kappa shape index (κ3) is 6.58. The summed E-state index contributed by atoms with van der Waals surface area (Å²) < 4.78 is 10.5. The first-order chi connectivity index (χ1) is 13.6. The van der Waals surface area contributed by atoms with Crippen molar-refractivity contribution in [1.29, 1.82) is 0 Å². The van der Waals surface area contributed by atoms with Gasteiger partial charge in [0.15, 0.2) is 0 Å². The average Bonchev–Trinajstić information content (AvgIpc) is 2.72. The summed E-state index contributed by atoms with van der Waals surface area (Å²) in [4.78, 5) is 19.1. The van der Waals surface area contributed by atoms with Crippen LogP contribution in [0, 0.1) is 0 Å². The van der Waals surface area contributed by atoms with Crippen molar-refractivity contribution in [3.05, 3.63) is 43.5 Å². The molecule has 7 nitrogen and oxygen atoms in total. The van der Waals surface area contributed by atoms with Crippen molar-refractivity contribution in [3.63, 3.8) is 0 Å². The van der Waals surface area contributed by atoms with Crippen molar-refractivity contribution < 1.29 is 14.3 Å². The Morgan fingerprint density at radius 1 is 1.07 bits per heavy atom. The van der Waals surface area contributed by atoms with Gasteiger partial charge in [-0.25, -0.2) is 4.79 Å². The van der Waals surface area contributed by atoms with E-state index in [2.05, 4.69) is 28.3 Å². The fraction of sp³-hybridized carbons (Fsp3) is 0.476. The molecule has 1 fully saturated rings.